The van der Waals surface area contributed by atoms with Gasteiger partial charge in [0, 0.05) is 36.8 Å². The molecule has 5 rings (SSSR count). The Morgan fingerprint density at radius 2 is 1.69 bits per heavy atom. The number of aliphatic hydroxyl groups is 3. The molecule has 6 N–H and O–H groups in total. The van der Waals surface area contributed by atoms with Gasteiger partial charge in [-0.3, -0.25) is 19.3 Å². The van der Waals surface area contributed by atoms with Crippen molar-refractivity contribution in [2.45, 2.75) is 24.5 Å². The van der Waals surface area contributed by atoms with E-state index in [1.165, 1.54) is 4.90 Å². The predicted molar refractivity (Wildman–Crippen MR) is 144 cm³/mol. The second kappa shape index (κ2) is 8.96. The van der Waals surface area contributed by atoms with Crippen LogP contribution in [0.3, 0.4) is 0 Å². The van der Waals surface area contributed by atoms with Gasteiger partial charge in [0.1, 0.15) is 22.8 Å². The fraction of sp³-hybridized carbons (Fsp3) is 0.345. The van der Waals surface area contributed by atoms with E-state index in [2.05, 4.69) is 0 Å². The van der Waals surface area contributed by atoms with Crippen LogP contribution in [0.5, 0.6) is 5.75 Å². The van der Waals surface area contributed by atoms with Crippen LogP contribution < -0.4 is 10.6 Å². The van der Waals surface area contributed by atoms with Crippen LogP contribution in [0.1, 0.15) is 17.5 Å². The lowest BCUT2D eigenvalue weighted by Gasteiger charge is -2.50. The Kier molecular flexibility index (Phi) is 6.08. The van der Waals surface area contributed by atoms with Crippen molar-refractivity contribution in [3.8, 4) is 16.9 Å². The number of phenols is 1. The molecule has 4 atom stereocenters. The molecule has 0 spiro atoms. The number of hydrogen-bond donors (Lipinski definition) is 5. The van der Waals surface area contributed by atoms with Gasteiger partial charge < -0.3 is 31.1 Å². The molecule has 1 fully saturated rings. The van der Waals surface area contributed by atoms with Gasteiger partial charge in [-0.1, -0.05) is 30.3 Å². The first-order valence-corrected chi connectivity index (χ1v) is 12.6. The zero-order valence-electron chi connectivity index (χ0n) is 22.1. The first-order chi connectivity index (χ1) is 18.3. The third-order valence-corrected chi connectivity index (χ3v) is 8.26. The number of amides is 1. The molecular weight excluding hydrogens is 502 g/mol. The van der Waals surface area contributed by atoms with Crippen molar-refractivity contribution in [2.75, 3.05) is 33.1 Å². The number of aliphatic hydroxyl groups excluding tert-OH is 2. The van der Waals surface area contributed by atoms with E-state index in [1.54, 1.807) is 14.1 Å². The number of hydrogen-bond acceptors (Lipinski definition) is 9. The number of anilines is 1. The van der Waals surface area contributed by atoms with Crippen LogP contribution in [-0.2, 0) is 20.8 Å². The summed E-state index contributed by atoms with van der Waals surface area (Å²) in [5.41, 5.74) is 4.25. The average Bonchev–Trinajstić information content (AvgIpc) is 2.86. The second-order valence-corrected chi connectivity index (χ2v) is 10.9. The number of Topliss-reactive ketones (excluding diaryl/α,β-unsaturated/α-hetero) is 2. The van der Waals surface area contributed by atoms with Crippen molar-refractivity contribution in [3.63, 3.8) is 0 Å². The molecule has 0 heterocycles. The molecule has 0 radical (unpaired) electrons. The molecule has 0 aromatic heterocycles. The maximum Gasteiger partial charge on any atom is 0.255 e. The summed E-state index contributed by atoms with van der Waals surface area (Å²) in [4.78, 5) is 42.7. The van der Waals surface area contributed by atoms with Gasteiger partial charge in [-0.25, -0.2) is 0 Å². The summed E-state index contributed by atoms with van der Waals surface area (Å²) >= 11 is 0. The molecule has 3 aliphatic carbocycles. The van der Waals surface area contributed by atoms with Gasteiger partial charge in [-0.05, 0) is 50.0 Å². The average molecular weight is 534 g/mol. The number of nitrogens with two attached hydrogens (primary N) is 1. The third kappa shape index (κ3) is 3.59. The number of nitrogens with zero attached hydrogens (tertiary/aromatic N) is 2. The summed E-state index contributed by atoms with van der Waals surface area (Å²) in [6, 6.07) is 9.79. The highest BCUT2D eigenvalue weighted by molar-refractivity contribution is 6.24. The fourth-order valence-corrected chi connectivity index (χ4v) is 6.53. The van der Waals surface area contributed by atoms with E-state index < -0.39 is 58.0 Å². The highest BCUT2D eigenvalue weighted by Crippen LogP contribution is 2.54. The monoisotopic (exact) mass is 533 g/mol. The Bertz CT molecular complexity index is 1490. The maximum atomic E-state index is 14.0. The van der Waals surface area contributed by atoms with Crippen LogP contribution in [-0.4, -0.2) is 82.6 Å². The molecule has 2 aromatic carbocycles. The molecule has 0 bridgehead atoms. The van der Waals surface area contributed by atoms with Crippen molar-refractivity contribution >= 4 is 28.9 Å². The van der Waals surface area contributed by atoms with Crippen molar-refractivity contribution in [3.05, 3.63) is 64.4 Å². The topological polar surface area (TPSA) is 165 Å². The van der Waals surface area contributed by atoms with Crippen molar-refractivity contribution in [1.29, 1.82) is 0 Å². The van der Waals surface area contributed by atoms with Gasteiger partial charge in [-0.2, -0.15) is 0 Å². The van der Waals surface area contributed by atoms with Crippen LogP contribution in [0, 0.1) is 11.8 Å². The van der Waals surface area contributed by atoms with E-state index in [9.17, 15) is 34.8 Å². The summed E-state index contributed by atoms with van der Waals surface area (Å²) in [6.45, 7) is 0. The SMILES string of the molecule is CN(C)c1cc(-c2ccccc2)c(O)c2c1C[C@H]1C[C@H]3[C@H](N(C)C)C(=O)C(C(N)=O)=C(O)[C@@]3(O)C(=O)C1=C2O. The van der Waals surface area contributed by atoms with Crippen LogP contribution >= 0.6 is 0 Å². The molecule has 1 saturated carbocycles. The number of benzene rings is 2. The van der Waals surface area contributed by atoms with E-state index in [-0.39, 0.29) is 29.7 Å². The molecular formula is C29H31N3O7. The fourth-order valence-electron chi connectivity index (χ4n) is 6.53. The van der Waals surface area contributed by atoms with Gasteiger partial charge in [-0.15, -0.1) is 0 Å². The molecule has 3 aliphatic rings. The highest BCUT2D eigenvalue weighted by atomic mass is 16.3. The minimum atomic E-state index is -2.67. The van der Waals surface area contributed by atoms with Gasteiger partial charge in [0.15, 0.2) is 11.4 Å². The van der Waals surface area contributed by atoms with E-state index in [0.29, 0.717) is 16.7 Å². The Labute approximate surface area is 225 Å². The second-order valence-electron chi connectivity index (χ2n) is 10.9. The third-order valence-electron chi connectivity index (χ3n) is 8.26. The molecule has 39 heavy (non-hydrogen) atoms. The van der Waals surface area contributed by atoms with Gasteiger partial charge in [0.2, 0.25) is 5.78 Å². The van der Waals surface area contributed by atoms with Crippen LogP contribution in [0.4, 0.5) is 5.69 Å². The number of likely N-dealkylation sites (N-methyl/N-ethyl adjacent to an activating group) is 1. The summed E-state index contributed by atoms with van der Waals surface area (Å²) in [6.07, 6.45) is 0.268. The van der Waals surface area contributed by atoms with Crippen LogP contribution in [0.25, 0.3) is 16.9 Å². The standard InChI is InChI=1S/C29H31N3O7/c1-31(2)18-12-15(13-8-6-5-7-9-13)23(33)20-16(18)10-14-11-17-22(32(3)4)25(35)21(28(30)38)27(37)29(17,39)26(36)19(14)24(20)34/h5-9,12,14,17,22,33-34,37,39H,10-11H2,1-4H3,(H2,30,38)/t14-,17-,22-,29-/m0/s1. The first-order valence-electron chi connectivity index (χ1n) is 12.6. The Morgan fingerprint density at radius 3 is 2.26 bits per heavy atom. The lowest BCUT2D eigenvalue weighted by atomic mass is 9.57. The zero-order chi connectivity index (χ0) is 28.5. The van der Waals surface area contributed by atoms with E-state index in [0.717, 1.165) is 5.69 Å². The van der Waals surface area contributed by atoms with E-state index in [4.69, 9.17) is 5.73 Å². The summed E-state index contributed by atoms with van der Waals surface area (Å²) in [5, 5.41) is 45.7. The maximum absolute atomic E-state index is 14.0. The van der Waals surface area contributed by atoms with Crippen molar-refractivity contribution in [2.24, 2.45) is 17.6 Å². The van der Waals surface area contributed by atoms with Crippen LogP contribution in [0.15, 0.2) is 53.3 Å². The van der Waals surface area contributed by atoms with Crippen molar-refractivity contribution in [1.82, 2.24) is 4.90 Å². The zero-order valence-corrected chi connectivity index (χ0v) is 22.1. The number of rotatable bonds is 4. The smallest absolute Gasteiger partial charge is 0.255 e. The number of primary amides is 1. The normalized spacial score (nSPS) is 26.4. The molecule has 0 aliphatic heterocycles. The summed E-state index contributed by atoms with van der Waals surface area (Å²) < 4.78 is 0. The molecule has 10 nitrogen and oxygen atoms in total. The van der Waals surface area contributed by atoms with Crippen molar-refractivity contribution < 1.29 is 34.8 Å². The minimum absolute atomic E-state index is 0.0415. The molecule has 204 valence electrons. The molecule has 0 saturated heterocycles. The number of aromatic hydroxyl groups is 1. The Balaban J connectivity index is 1.78. The Morgan fingerprint density at radius 1 is 1.05 bits per heavy atom. The number of phenolic OH excluding ortho intramolecular Hbond substituents is 1. The van der Waals surface area contributed by atoms with E-state index in [1.807, 2.05) is 55.4 Å². The van der Waals surface area contributed by atoms with Crippen LogP contribution in [0.2, 0.25) is 0 Å². The summed E-state index contributed by atoms with van der Waals surface area (Å²) in [5.74, 6) is -6.66. The number of ketones is 2. The minimum Gasteiger partial charge on any atom is -0.508 e. The number of carbonyl (C=O) groups excluding carboxylic acids is 3. The molecule has 10 heteroatoms. The largest absolute Gasteiger partial charge is 0.508 e. The number of fused-ring (bicyclic) bond motifs is 3. The molecule has 2 aromatic rings. The predicted octanol–water partition coefficient (Wildman–Crippen LogP) is 1.70. The van der Waals surface area contributed by atoms with Gasteiger partial charge in [0.05, 0.1) is 11.6 Å². The van der Waals surface area contributed by atoms with Gasteiger partial charge in [0.25, 0.3) is 5.91 Å². The first kappa shape index (κ1) is 26.5. The molecule has 1 amide bonds. The lowest BCUT2D eigenvalue weighted by Crippen LogP contribution is -2.65. The summed E-state index contributed by atoms with van der Waals surface area (Å²) in [7, 11) is 6.80. The van der Waals surface area contributed by atoms with Gasteiger partial charge >= 0.3 is 0 Å². The Hall–Kier alpha value is -4.15. The van der Waals surface area contributed by atoms with E-state index >= 15 is 0 Å². The highest BCUT2D eigenvalue weighted by Gasteiger charge is 2.64. The quantitative estimate of drug-likeness (QED) is 0.368. The lowest BCUT2D eigenvalue weighted by molar-refractivity contribution is -0.153. The molecule has 0 unspecified atom stereocenters. The number of carbonyl (C=O) groups is 3.